The second-order valence-electron chi connectivity index (χ2n) is 7.15. The predicted octanol–water partition coefficient (Wildman–Crippen LogP) is 4.46. The molecule has 1 fully saturated rings. The van der Waals surface area contributed by atoms with Gasteiger partial charge in [-0.2, -0.15) is 0 Å². The van der Waals surface area contributed by atoms with Crippen molar-refractivity contribution in [3.05, 3.63) is 59.5 Å². The SMILES string of the molecule is CCOc1ccc(-c2nc(NC(=O)C3(S(=O)(=O)c4ccccc4)CC3)sc2C)cc1. The van der Waals surface area contributed by atoms with E-state index >= 15 is 0 Å². The standard InChI is InChI=1S/C22H22N2O4S2/c1-3-28-17-11-9-16(10-12-17)19-15(2)29-21(23-19)24-20(25)22(13-14-22)30(26,27)18-7-5-4-6-8-18/h4-12H,3,13-14H2,1-2H3,(H,23,24,25). The van der Waals surface area contributed by atoms with Gasteiger partial charge >= 0.3 is 0 Å². The van der Waals surface area contributed by atoms with Gasteiger partial charge in [-0.3, -0.25) is 4.79 Å². The first kappa shape index (κ1) is 20.6. The van der Waals surface area contributed by atoms with Crippen molar-refractivity contribution in [1.29, 1.82) is 0 Å². The van der Waals surface area contributed by atoms with Crippen LogP contribution in [-0.2, 0) is 14.6 Å². The van der Waals surface area contributed by atoms with Crippen LogP contribution in [0.4, 0.5) is 5.13 Å². The smallest absolute Gasteiger partial charge is 0.248 e. The van der Waals surface area contributed by atoms with E-state index < -0.39 is 20.5 Å². The Bertz CT molecular complexity index is 1170. The maximum absolute atomic E-state index is 13.0. The molecule has 156 valence electrons. The highest BCUT2D eigenvalue weighted by atomic mass is 32.2. The van der Waals surface area contributed by atoms with Gasteiger partial charge in [0, 0.05) is 10.4 Å². The fraction of sp³-hybridized carbons (Fsp3) is 0.273. The number of hydrogen-bond acceptors (Lipinski definition) is 6. The second kappa shape index (κ2) is 7.85. The molecule has 1 heterocycles. The van der Waals surface area contributed by atoms with E-state index in [1.807, 2.05) is 38.1 Å². The molecule has 0 saturated heterocycles. The van der Waals surface area contributed by atoms with Crippen molar-refractivity contribution in [2.75, 3.05) is 11.9 Å². The first-order valence-electron chi connectivity index (χ1n) is 9.69. The molecule has 8 heteroatoms. The summed E-state index contributed by atoms with van der Waals surface area (Å²) in [5.41, 5.74) is 1.67. The van der Waals surface area contributed by atoms with Gasteiger partial charge in [-0.1, -0.05) is 18.2 Å². The van der Waals surface area contributed by atoms with Crippen LogP contribution in [-0.4, -0.2) is 30.7 Å². The Morgan fingerprint density at radius 1 is 1.13 bits per heavy atom. The Kier molecular flexibility index (Phi) is 5.38. The van der Waals surface area contributed by atoms with Gasteiger partial charge in [0.2, 0.25) is 5.91 Å². The molecule has 1 saturated carbocycles. The molecule has 0 bridgehead atoms. The molecule has 30 heavy (non-hydrogen) atoms. The van der Waals surface area contributed by atoms with Gasteiger partial charge in [0.15, 0.2) is 19.7 Å². The molecule has 6 nitrogen and oxygen atoms in total. The zero-order valence-electron chi connectivity index (χ0n) is 16.7. The van der Waals surface area contributed by atoms with Crippen LogP contribution in [0, 0.1) is 6.92 Å². The molecule has 1 amide bonds. The number of nitrogens with zero attached hydrogens (tertiary/aromatic N) is 1. The van der Waals surface area contributed by atoms with E-state index in [1.165, 1.54) is 23.5 Å². The number of amides is 1. The topological polar surface area (TPSA) is 85.4 Å². The first-order valence-corrected chi connectivity index (χ1v) is 12.0. The van der Waals surface area contributed by atoms with Crippen LogP contribution < -0.4 is 10.1 Å². The molecule has 1 aliphatic rings. The highest BCUT2D eigenvalue weighted by Gasteiger charge is 2.61. The Balaban J connectivity index is 1.55. The number of benzene rings is 2. The summed E-state index contributed by atoms with van der Waals surface area (Å²) in [6.45, 7) is 4.45. The molecule has 0 aliphatic heterocycles. The lowest BCUT2D eigenvalue weighted by atomic mass is 10.1. The van der Waals surface area contributed by atoms with E-state index in [2.05, 4.69) is 10.3 Å². The number of sulfone groups is 1. The number of rotatable bonds is 7. The van der Waals surface area contributed by atoms with Crippen molar-refractivity contribution in [1.82, 2.24) is 4.98 Å². The third kappa shape index (κ3) is 3.61. The van der Waals surface area contributed by atoms with E-state index in [-0.39, 0.29) is 4.90 Å². The maximum atomic E-state index is 13.0. The Morgan fingerprint density at radius 3 is 2.40 bits per heavy atom. The van der Waals surface area contributed by atoms with Gasteiger partial charge in [-0.25, -0.2) is 13.4 Å². The Labute approximate surface area is 179 Å². The molecular weight excluding hydrogens is 420 g/mol. The van der Waals surface area contributed by atoms with Crippen LogP contribution in [0.3, 0.4) is 0 Å². The number of aryl methyl sites for hydroxylation is 1. The molecule has 0 spiro atoms. The molecule has 1 N–H and O–H groups in total. The Hall–Kier alpha value is -2.71. The zero-order valence-corrected chi connectivity index (χ0v) is 18.3. The monoisotopic (exact) mass is 442 g/mol. The maximum Gasteiger partial charge on any atom is 0.248 e. The lowest BCUT2D eigenvalue weighted by molar-refractivity contribution is -0.116. The molecule has 3 aromatic rings. The van der Waals surface area contributed by atoms with Gasteiger partial charge in [0.25, 0.3) is 0 Å². The molecule has 2 aromatic carbocycles. The van der Waals surface area contributed by atoms with Crippen LogP contribution in [0.25, 0.3) is 11.3 Å². The Morgan fingerprint density at radius 2 is 1.80 bits per heavy atom. The van der Waals surface area contributed by atoms with E-state index in [0.29, 0.717) is 24.6 Å². The van der Waals surface area contributed by atoms with Crippen LogP contribution in [0.2, 0.25) is 0 Å². The second-order valence-corrected chi connectivity index (χ2v) is 10.6. The van der Waals surface area contributed by atoms with Gasteiger partial charge in [-0.15, -0.1) is 11.3 Å². The predicted molar refractivity (Wildman–Crippen MR) is 118 cm³/mol. The van der Waals surface area contributed by atoms with E-state index in [0.717, 1.165) is 21.9 Å². The lowest BCUT2D eigenvalue weighted by Gasteiger charge is -2.15. The summed E-state index contributed by atoms with van der Waals surface area (Å²) in [4.78, 5) is 18.6. The molecule has 1 aliphatic carbocycles. The normalized spacial score (nSPS) is 14.9. The number of nitrogens with one attached hydrogen (secondary N) is 1. The quantitative estimate of drug-likeness (QED) is 0.584. The summed E-state index contributed by atoms with van der Waals surface area (Å²) in [5.74, 6) is 0.266. The summed E-state index contributed by atoms with van der Waals surface area (Å²) >= 11 is 1.33. The number of hydrogen-bond donors (Lipinski definition) is 1. The van der Waals surface area contributed by atoms with E-state index in [1.54, 1.807) is 18.2 Å². The first-order chi connectivity index (χ1) is 14.4. The largest absolute Gasteiger partial charge is 0.494 e. The average Bonchev–Trinajstić information content (AvgIpc) is 3.49. The van der Waals surface area contributed by atoms with E-state index in [4.69, 9.17) is 4.74 Å². The molecule has 0 atom stereocenters. The molecule has 0 radical (unpaired) electrons. The van der Waals surface area contributed by atoms with Crippen molar-refractivity contribution in [3.63, 3.8) is 0 Å². The van der Waals surface area contributed by atoms with Crippen LogP contribution >= 0.6 is 11.3 Å². The fourth-order valence-corrected chi connectivity index (χ4v) is 6.09. The van der Waals surface area contributed by atoms with Crippen molar-refractivity contribution in [2.24, 2.45) is 0 Å². The molecule has 1 aromatic heterocycles. The number of anilines is 1. The average molecular weight is 443 g/mol. The van der Waals surface area contributed by atoms with Crippen molar-refractivity contribution >= 4 is 32.2 Å². The minimum absolute atomic E-state index is 0.169. The minimum Gasteiger partial charge on any atom is -0.494 e. The molecular formula is C22H22N2O4S2. The van der Waals surface area contributed by atoms with Crippen molar-refractivity contribution < 1.29 is 17.9 Å². The zero-order chi connectivity index (χ0) is 21.4. The number of carbonyl (C=O) groups is 1. The number of carbonyl (C=O) groups excluding carboxylic acids is 1. The van der Waals surface area contributed by atoms with Crippen LogP contribution in [0.1, 0.15) is 24.6 Å². The number of ether oxygens (including phenoxy) is 1. The lowest BCUT2D eigenvalue weighted by Crippen LogP contribution is -2.37. The summed E-state index contributed by atoms with van der Waals surface area (Å²) < 4.78 is 30.1. The highest BCUT2D eigenvalue weighted by Crippen LogP contribution is 2.48. The third-order valence-electron chi connectivity index (χ3n) is 5.14. The third-order valence-corrected chi connectivity index (χ3v) is 8.54. The summed E-state index contributed by atoms with van der Waals surface area (Å²) in [5, 5.41) is 3.15. The minimum atomic E-state index is -3.76. The highest BCUT2D eigenvalue weighted by molar-refractivity contribution is 7.94. The molecule has 4 rings (SSSR count). The van der Waals surface area contributed by atoms with E-state index in [9.17, 15) is 13.2 Å². The number of aromatic nitrogens is 1. The van der Waals surface area contributed by atoms with Crippen LogP contribution in [0.15, 0.2) is 59.5 Å². The fourth-order valence-electron chi connectivity index (χ4n) is 3.36. The summed E-state index contributed by atoms with van der Waals surface area (Å²) in [6, 6.07) is 15.7. The summed E-state index contributed by atoms with van der Waals surface area (Å²) in [7, 11) is -3.76. The number of thiazole rings is 1. The summed E-state index contributed by atoms with van der Waals surface area (Å²) in [6.07, 6.45) is 0.623. The van der Waals surface area contributed by atoms with Crippen molar-refractivity contribution in [2.45, 2.75) is 36.3 Å². The van der Waals surface area contributed by atoms with Crippen molar-refractivity contribution in [3.8, 4) is 17.0 Å². The van der Waals surface area contributed by atoms with Gasteiger partial charge in [0.1, 0.15) is 5.75 Å². The van der Waals surface area contributed by atoms with Gasteiger partial charge < -0.3 is 10.1 Å². The van der Waals surface area contributed by atoms with Gasteiger partial charge in [-0.05, 0) is 63.1 Å². The molecule has 0 unspecified atom stereocenters. The van der Waals surface area contributed by atoms with Gasteiger partial charge in [0.05, 0.1) is 17.2 Å². The van der Waals surface area contributed by atoms with Crippen LogP contribution in [0.5, 0.6) is 5.75 Å².